The van der Waals surface area contributed by atoms with E-state index in [0.717, 1.165) is 22.4 Å². The molecule has 0 saturated heterocycles. The zero-order valence-electron chi connectivity index (χ0n) is 14.5. The van der Waals surface area contributed by atoms with Crippen LogP contribution in [0.1, 0.15) is 24.0 Å². The topological polar surface area (TPSA) is 37.8 Å². The second-order valence-electron chi connectivity index (χ2n) is 6.12. The Bertz CT molecular complexity index is 980. The van der Waals surface area contributed by atoms with Gasteiger partial charge in [-0.25, -0.2) is 9.97 Å². The van der Waals surface area contributed by atoms with Crippen molar-refractivity contribution in [2.24, 2.45) is 0 Å². The van der Waals surface area contributed by atoms with E-state index in [4.69, 9.17) is 0 Å². The molecule has 0 bridgehead atoms. The lowest BCUT2D eigenvalue weighted by atomic mass is 9.93. The molecular formula is C22H20ClN3. The number of hydrogen-bond acceptors (Lipinski definition) is 3. The summed E-state index contributed by atoms with van der Waals surface area (Å²) in [6.45, 7) is 2.23. The molecule has 0 aliphatic rings. The third-order valence-electron chi connectivity index (χ3n) is 4.52. The molecule has 0 spiro atoms. The molecule has 130 valence electrons. The van der Waals surface area contributed by atoms with Crippen molar-refractivity contribution in [1.82, 2.24) is 9.97 Å². The van der Waals surface area contributed by atoms with Crippen LogP contribution in [-0.2, 0) is 0 Å². The highest BCUT2D eigenvalue weighted by Crippen LogP contribution is 2.27. The first kappa shape index (κ1) is 17.9. The number of benzene rings is 3. The van der Waals surface area contributed by atoms with Crippen LogP contribution in [0, 0.1) is 0 Å². The highest BCUT2D eigenvalue weighted by atomic mass is 35.5. The molecule has 0 saturated carbocycles. The van der Waals surface area contributed by atoms with Gasteiger partial charge in [0.05, 0.1) is 5.52 Å². The first-order valence-corrected chi connectivity index (χ1v) is 8.43. The molecule has 1 aromatic heterocycles. The van der Waals surface area contributed by atoms with E-state index in [1.54, 1.807) is 6.33 Å². The maximum Gasteiger partial charge on any atom is 0.141 e. The van der Waals surface area contributed by atoms with Crippen molar-refractivity contribution >= 4 is 34.8 Å². The van der Waals surface area contributed by atoms with Crippen LogP contribution < -0.4 is 5.32 Å². The van der Waals surface area contributed by atoms with Gasteiger partial charge in [-0.2, -0.15) is 0 Å². The van der Waals surface area contributed by atoms with Gasteiger partial charge in [0, 0.05) is 17.0 Å². The van der Waals surface area contributed by atoms with Crippen LogP contribution in [0.25, 0.3) is 10.9 Å². The van der Waals surface area contributed by atoms with Gasteiger partial charge in [0.25, 0.3) is 0 Å². The summed E-state index contributed by atoms with van der Waals surface area (Å²) in [5.74, 6) is 1.20. The van der Waals surface area contributed by atoms with Gasteiger partial charge < -0.3 is 5.32 Å². The van der Waals surface area contributed by atoms with Crippen LogP contribution in [0.2, 0.25) is 0 Å². The molecule has 3 aromatic carbocycles. The number of anilines is 2. The van der Waals surface area contributed by atoms with E-state index in [-0.39, 0.29) is 12.4 Å². The molecular weight excluding hydrogens is 342 g/mol. The Hall–Kier alpha value is -2.91. The molecule has 4 aromatic rings. The first-order valence-electron chi connectivity index (χ1n) is 8.43. The standard InChI is InChI=1S/C22H19N3.ClH/c1-16(17-7-3-2-4-8-17)18-11-13-19(14-12-18)25-22-20-9-5-6-10-21(20)23-15-24-22;/h2-16H,1H3,(H,23,24,25);1H. The Balaban J connectivity index is 0.00000196. The summed E-state index contributed by atoms with van der Waals surface area (Å²) >= 11 is 0. The quantitative estimate of drug-likeness (QED) is 0.488. The number of rotatable bonds is 4. The zero-order chi connectivity index (χ0) is 17.1. The molecule has 0 radical (unpaired) electrons. The molecule has 0 aliphatic carbocycles. The molecule has 4 heteroatoms. The van der Waals surface area contributed by atoms with Crippen molar-refractivity contribution in [3.8, 4) is 0 Å². The monoisotopic (exact) mass is 361 g/mol. The van der Waals surface area contributed by atoms with Gasteiger partial charge in [-0.1, -0.05) is 61.5 Å². The van der Waals surface area contributed by atoms with Gasteiger partial charge in [0.2, 0.25) is 0 Å². The summed E-state index contributed by atoms with van der Waals surface area (Å²) in [4.78, 5) is 8.69. The second-order valence-corrected chi connectivity index (χ2v) is 6.12. The fraction of sp³-hybridized carbons (Fsp3) is 0.0909. The van der Waals surface area contributed by atoms with E-state index in [0.29, 0.717) is 5.92 Å². The number of halogens is 1. The molecule has 1 heterocycles. The molecule has 1 unspecified atom stereocenters. The fourth-order valence-corrected chi connectivity index (χ4v) is 3.03. The number of nitrogens with zero attached hydrogens (tertiary/aromatic N) is 2. The Kier molecular flexibility index (Phi) is 5.49. The largest absolute Gasteiger partial charge is 0.340 e. The number of hydrogen-bond donors (Lipinski definition) is 1. The Morgan fingerprint density at radius 3 is 2.15 bits per heavy atom. The van der Waals surface area contributed by atoms with Gasteiger partial charge in [0.15, 0.2) is 0 Å². The normalized spacial score (nSPS) is 11.6. The third-order valence-corrected chi connectivity index (χ3v) is 4.52. The summed E-state index contributed by atoms with van der Waals surface area (Å²) in [6, 6.07) is 27.1. The molecule has 0 aliphatic heterocycles. The Morgan fingerprint density at radius 1 is 0.731 bits per heavy atom. The average molecular weight is 362 g/mol. The van der Waals surface area contributed by atoms with E-state index >= 15 is 0 Å². The first-order chi connectivity index (χ1) is 12.3. The minimum Gasteiger partial charge on any atom is -0.340 e. The van der Waals surface area contributed by atoms with Gasteiger partial charge in [0.1, 0.15) is 12.1 Å². The molecule has 1 atom stereocenters. The second kappa shape index (κ2) is 7.98. The van der Waals surface area contributed by atoms with E-state index in [2.05, 4.69) is 76.8 Å². The highest BCUT2D eigenvalue weighted by Gasteiger charge is 2.08. The highest BCUT2D eigenvalue weighted by molar-refractivity contribution is 5.90. The van der Waals surface area contributed by atoms with Crippen LogP contribution in [0.3, 0.4) is 0 Å². The third kappa shape index (κ3) is 3.68. The Labute approximate surface area is 159 Å². The molecule has 3 nitrogen and oxygen atoms in total. The number of fused-ring (bicyclic) bond motifs is 1. The predicted molar refractivity (Wildman–Crippen MR) is 110 cm³/mol. The minimum atomic E-state index is 0. The van der Waals surface area contributed by atoms with Gasteiger partial charge in [-0.15, -0.1) is 12.4 Å². The average Bonchev–Trinajstić information content (AvgIpc) is 2.69. The fourth-order valence-electron chi connectivity index (χ4n) is 3.03. The number of aromatic nitrogens is 2. The van der Waals surface area contributed by atoms with Crippen LogP contribution in [0.4, 0.5) is 11.5 Å². The van der Waals surface area contributed by atoms with Gasteiger partial charge in [-0.3, -0.25) is 0 Å². The summed E-state index contributed by atoms with van der Waals surface area (Å²) in [7, 11) is 0. The minimum absolute atomic E-state index is 0. The molecule has 4 rings (SSSR count). The zero-order valence-corrected chi connectivity index (χ0v) is 15.3. The van der Waals surface area contributed by atoms with Crippen molar-refractivity contribution < 1.29 is 0 Å². The lowest BCUT2D eigenvalue weighted by Crippen LogP contribution is -1.98. The van der Waals surface area contributed by atoms with E-state index in [9.17, 15) is 0 Å². The summed E-state index contributed by atoms with van der Waals surface area (Å²) in [6.07, 6.45) is 1.59. The summed E-state index contributed by atoms with van der Waals surface area (Å²) in [5, 5.41) is 4.42. The van der Waals surface area contributed by atoms with Crippen LogP contribution in [0.15, 0.2) is 85.2 Å². The molecule has 26 heavy (non-hydrogen) atoms. The number of para-hydroxylation sites is 1. The smallest absolute Gasteiger partial charge is 0.141 e. The lowest BCUT2D eigenvalue weighted by molar-refractivity contribution is 0.923. The van der Waals surface area contributed by atoms with E-state index in [1.807, 2.05) is 24.3 Å². The molecule has 1 N–H and O–H groups in total. The Morgan fingerprint density at radius 2 is 1.38 bits per heavy atom. The SMILES string of the molecule is CC(c1ccccc1)c1ccc(Nc2ncnc3ccccc23)cc1.Cl. The lowest BCUT2D eigenvalue weighted by Gasteiger charge is -2.14. The summed E-state index contributed by atoms with van der Waals surface area (Å²) in [5.41, 5.74) is 4.58. The van der Waals surface area contributed by atoms with Crippen molar-refractivity contribution in [1.29, 1.82) is 0 Å². The van der Waals surface area contributed by atoms with Crippen LogP contribution in [0.5, 0.6) is 0 Å². The van der Waals surface area contributed by atoms with Gasteiger partial charge >= 0.3 is 0 Å². The van der Waals surface area contributed by atoms with Crippen molar-refractivity contribution in [3.05, 3.63) is 96.3 Å². The summed E-state index contributed by atoms with van der Waals surface area (Å²) < 4.78 is 0. The maximum atomic E-state index is 4.39. The molecule has 0 amide bonds. The van der Waals surface area contributed by atoms with Crippen LogP contribution in [-0.4, -0.2) is 9.97 Å². The van der Waals surface area contributed by atoms with Gasteiger partial charge in [-0.05, 0) is 35.4 Å². The predicted octanol–water partition coefficient (Wildman–Crippen LogP) is 5.95. The van der Waals surface area contributed by atoms with Crippen LogP contribution >= 0.6 is 12.4 Å². The molecule has 0 fully saturated rings. The maximum absolute atomic E-state index is 4.39. The van der Waals surface area contributed by atoms with Crippen molar-refractivity contribution in [2.75, 3.05) is 5.32 Å². The van der Waals surface area contributed by atoms with Crippen molar-refractivity contribution in [2.45, 2.75) is 12.8 Å². The number of nitrogens with one attached hydrogen (secondary N) is 1. The van der Waals surface area contributed by atoms with Crippen molar-refractivity contribution in [3.63, 3.8) is 0 Å². The van der Waals surface area contributed by atoms with E-state index in [1.165, 1.54) is 11.1 Å². The van der Waals surface area contributed by atoms with E-state index < -0.39 is 0 Å².